The first kappa shape index (κ1) is 13.0. The second-order valence-corrected chi connectivity index (χ2v) is 6.48. The number of amides is 2. The van der Waals surface area contributed by atoms with Crippen LogP contribution in [0.2, 0.25) is 0 Å². The maximum Gasteiger partial charge on any atom is 0.315 e. The predicted molar refractivity (Wildman–Crippen MR) is 68.7 cm³/mol. The van der Waals surface area contributed by atoms with Gasteiger partial charge in [-0.25, -0.2) is 4.79 Å². The van der Waals surface area contributed by atoms with Crippen LogP contribution in [-0.2, 0) is 6.54 Å². The largest absolute Gasteiger partial charge is 0.338 e. The van der Waals surface area contributed by atoms with E-state index in [1.165, 1.54) is 9.75 Å². The van der Waals surface area contributed by atoms with Gasteiger partial charge in [-0.3, -0.25) is 0 Å². The molecule has 2 N–H and O–H groups in total. The number of urea groups is 1. The van der Waals surface area contributed by atoms with Gasteiger partial charge in [-0.1, -0.05) is 20.8 Å². The Morgan fingerprint density at radius 1 is 1.31 bits per heavy atom. The molecule has 1 rings (SSSR count). The van der Waals surface area contributed by atoms with Crippen molar-refractivity contribution in [2.24, 2.45) is 5.41 Å². The average molecular weight is 240 g/mol. The molecule has 2 amide bonds. The smallest absolute Gasteiger partial charge is 0.315 e. The maximum absolute atomic E-state index is 11.5. The van der Waals surface area contributed by atoms with Crippen LogP contribution in [0.4, 0.5) is 4.79 Å². The summed E-state index contributed by atoms with van der Waals surface area (Å²) in [5.74, 6) is 0. The minimum atomic E-state index is -0.0963. The summed E-state index contributed by atoms with van der Waals surface area (Å²) in [6.45, 7) is 9.63. The lowest BCUT2D eigenvalue weighted by Gasteiger charge is -2.18. The number of thiophene rings is 1. The summed E-state index contributed by atoms with van der Waals surface area (Å²) < 4.78 is 0. The third-order valence-corrected chi connectivity index (χ3v) is 3.00. The molecule has 0 aliphatic rings. The van der Waals surface area contributed by atoms with Crippen molar-refractivity contribution in [1.29, 1.82) is 0 Å². The molecular weight excluding hydrogens is 220 g/mol. The van der Waals surface area contributed by atoms with E-state index in [4.69, 9.17) is 0 Å². The first-order valence-corrected chi connectivity index (χ1v) is 6.25. The van der Waals surface area contributed by atoms with Crippen molar-refractivity contribution in [2.45, 2.75) is 34.2 Å². The maximum atomic E-state index is 11.5. The van der Waals surface area contributed by atoms with Crippen LogP contribution in [0.1, 0.15) is 30.5 Å². The molecule has 0 aliphatic carbocycles. The van der Waals surface area contributed by atoms with Crippen molar-refractivity contribution < 1.29 is 4.79 Å². The molecule has 3 nitrogen and oxygen atoms in total. The molecule has 0 saturated carbocycles. The highest BCUT2D eigenvalue weighted by molar-refractivity contribution is 7.11. The van der Waals surface area contributed by atoms with Crippen molar-refractivity contribution in [1.82, 2.24) is 10.6 Å². The van der Waals surface area contributed by atoms with Crippen LogP contribution >= 0.6 is 11.3 Å². The van der Waals surface area contributed by atoms with Crippen LogP contribution in [0.25, 0.3) is 0 Å². The van der Waals surface area contributed by atoms with Gasteiger partial charge < -0.3 is 10.6 Å². The van der Waals surface area contributed by atoms with E-state index in [0.717, 1.165) is 0 Å². The lowest BCUT2D eigenvalue weighted by Crippen LogP contribution is -2.39. The van der Waals surface area contributed by atoms with Gasteiger partial charge in [0.1, 0.15) is 0 Å². The third kappa shape index (κ3) is 5.16. The van der Waals surface area contributed by atoms with Gasteiger partial charge in [-0.2, -0.15) is 0 Å². The minimum absolute atomic E-state index is 0.0963. The van der Waals surface area contributed by atoms with Gasteiger partial charge in [0.05, 0.1) is 6.54 Å². The molecule has 1 aromatic rings. The predicted octanol–water partition coefficient (Wildman–Crippen LogP) is 2.90. The zero-order valence-electron chi connectivity index (χ0n) is 10.4. The van der Waals surface area contributed by atoms with Crippen LogP contribution in [0.15, 0.2) is 12.1 Å². The molecule has 0 fully saturated rings. The fourth-order valence-corrected chi connectivity index (χ4v) is 1.99. The number of nitrogens with one attached hydrogen (secondary N) is 2. The van der Waals surface area contributed by atoms with Crippen molar-refractivity contribution in [3.05, 3.63) is 21.9 Å². The lowest BCUT2D eigenvalue weighted by molar-refractivity contribution is 0.235. The molecule has 1 heterocycles. The van der Waals surface area contributed by atoms with E-state index in [1.54, 1.807) is 11.3 Å². The summed E-state index contributed by atoms with van der Waals surface area (Å²) in [7, 11) is 0. The molecule has 0 saturated heterocycles. The molecule has 90 valence electrons. The number of rotatable bonds is 3. The number of carbonyl (C=O) groups is 1. The van der Waals surface area contributed by atoms with Gasteiger partial charge >= 0.3 is 6.03 Å². The molecule has 0 spiro atoms. The van der Waals surface area contributed by atoms with Crippen LogP contribution in [-0.4, -0.2) is 12.6 Å². The summed E-state index contributed by atoms with van der Waals surface area (Å²) >= 11 is 1.71. The first-order valence-electron chi connectivity index (χ1n) is 5.44. The highest BCUT2D eigenvalue weighted by atomic mass is 32.1. The van der Waals surface area contributed by atoms with Crippen LogP contribution in [0.3, 0.4) is 0 Å². The lowest BCUT2D eigenvalue weighted by atomic mass is 9.97. The van der Waals surface area contributed by atoms with Crippen molar-refractivity contribution in [3.63, 3.8) is 0 Å². The van der Waals surface area contributed by atoms with E-state index in [9.17, 15) is 4.79 Å². The topological polar surface area (TPSA) is 41.1 Å². The highest BCUT2D eigenvalue weighted by Crippen LogP contribution is 2.14. The van der Waals surface area contributed by atoms with Crippen molar-refractivity contribution in [2.75, 3.05) is 6.54 Å². The standard InChI is InChI=1S/C12H20N2OS/c1-9-5-6-10(16-9)7-13-11(15)14-8-12(2,3)4/h5-6H,7-8H2,1-4H3,(H2,13,14,15). The zero-order valence-corrected chi connectivity index (χ0v) is 11.2. The fourth-order valence-electron chi connectivity index (χ4n) is 1.16. The van der Waals surface area contributed by atoms with Gasteiger partial charge in [0.2, 0.25) is 0 Å². The Balaban J connectivity index is 2.25. The van der Waals surface area contributed by atoms with Gasteiger partial charge in [0.15, 0.2) is 0 Å². The second kappa shape index (κ2) is 5.34. The quantitative estimate of drug-likeness (QED) is 0.838. The van der Waals surface area contributed by atoms with E-state index in [2.05, 4.69) is 44.4 Å². The Bertz CT molecular complexity index is 352. The van der Waals surface area contributed by atoms with Crippen LogP contribution in [0, 0.1) is 12.3 Å². The second-order valence-electron chi connectivity index (χ2n) is 5.11. The third-order valence-electron chi connectivity index (χ3n) is 2.00. The van der Waals surface area contributed by atoms with Crippen LogP contribution in [0.5, 0.6) is 0 Å². The molecule has 0 radical (unpaired) electrons. The Morgan fingerprint density at radius 3 is 2.50 bits per heavy atom. The molecule has 0 aliphatic heterocycles. The summed E-state index contributed by atoms with van der Waals surface area (Å²) in [4.78, 5) is 13.9. The Morgan fingerprint density at radius 2 is 2.00 bits per heavy atom. The molecule has 4 heteroatoms. The number of hydrogen-bond acceptors (Lipinski definition) is 2. The molecule has 0 unspecified atom stereocenters. The molecule has 16 heavy (non-hydrogen) atoms. The van der Waals surface area contributed by atoms with E-state index in [1.807, 2.05) is 6.07 Å². The fraction of sp³-hybridized carbons (Fsp3) is 0.583. The molecule has 0 aromatic carbocycles. The van der Waals surface area contributed by atoms with E-state index in [0.29, 0.717) is 13.1 Å². The summed E-state index contributed by atoms with van der Waals surface area (Å²) in [5.41, 5.74) is 0.122. The van der Waals surface area contributed by atoms with Gasteiger partial charge in [0, 0.05) is 16.3 Å². The molecule has 0 atom stereocenters. The average Bonchev–Trinajstić information content (AvgIpc) is 2.57. The minimum Gasteiger partial charge on any atom is -0.338 e. The van der Waals surface area contributed by atoms with Gasteiger partial charge in [0.25, 0.3) is 0 Å². The van der Waals surface area contributed by atoms with Crippen LogP contribution < -0.4 is 10.6 Å². The zero-order chi connectivity index (χ0) is 12.2. The number of hydrogen-bond donors (Lipinski definition) is 2. The summed E-state index contributed by atoms with van der Waals surface area (Å²) in [6.07, 6.45) is 0. The van der Waals surface area contributed by atoms with E-state index >= 15 is 0 Å². The van der Waals surface area contributed by atoms with E-state index in [-0.39, 0.29) is 11.4 Å². The van der Waals surface area contributed by atoms with E-state index < -0.39 is 0 Å². The van der Waals surface area contributed by atoms with Crippen molar-refractivity contribution in [3.8, 4) is 0 Å². The van der Waals surface area contributed by atoms with Gasteiger partial charge in [-0.15, -0.1) is 11.3 Å². The Kier molecular flexibility index (Phi) is 4.35. The SMILES string of the molecule is Cc1ccc(CNC(=O)NCC(C)(C)C)s1. The normalized spacial score (nSPS) is 11.2. The van der Waals surface area contributed by atoms with Crippen molar-refractivity contribution >= 4 is 17.4 Å². The molecular formula is C12H20N2OS. The Labute approximate surface area is 101 Å². The summed E-state index contributed by atoms with van der Waals surface area (Å²) in [6, 6.07) is 4.01. The number of carbonyl (C=O) groups excluding carboxylic acids is 1. The highest BCUT2D eigenvalue weighted by Gasteiger charge is 2.11. The summed E-state index contributed by atoms with van der Waals surface area (Å²) in [5, 5.41) is 5.70. The molecule has 0 bridgehead atoms. The first-order chi connectivity index (χ1) is 7.37. The van der Waals surface area contributed by atoms with Gasteiger partial charge in [-0.05, 0) is 24.5 Å². The number of aryl methyl sites for hydroxylation is 1. The monoisotopic (exact) mass is 240 g/mol. The Hall–Kier alpha value is -1.03. The molecule has 1 aromatic heterocycles.